The lowest BCUT2D eigenvalue weighted by atomic mass is 10.2. The molecule has 2 amide bonds. The SMILES string of the molecule is CC(F)N1CCN(C(=O)OC(C)(C)C)CC1=O. The number of carbonyl (C=O) groups excluding carboxylic acids is 2. The Morgan fingerprint density at radius 2 is 2.00 bits per heavy atom. The molecule has 1 fully saturated rings. The zero-order valence-corrected chi connectivity index (χ0v) is 10.7. The van der Waals surface area contributed by atoms with Gasteiger partial charge in [0.25, 0.3) is 0 Å². The van der Waals surface area contributed by atoms with Crippen LogP contribution in [0.2, 0.25) is 0 Å². The van der Waals surface area contributed by atoms with Crippen molar-refractivity contribution in [2.24, 2.45) is 0 Å². The molecule has 0 aliphatic carbocycles. The summed E-state index contributed by atoms with van der Waals surface area (Å²) in [6.45, 7) is 6.96. The molecule has 0 aromatic rings. The van der Waals surface area contributed by atoms with Gasteiger partial charge < -0.3 is 9.64 Å². The van der Waals surface area contributed by atoms with E-state index in [2.05, 4.69) is 0 Å². The van der Waals surface area contributed by atoms with Gasteiger partial charge in [-0.15, -0.1) is 0 Å². The Kier molecular flexibility index (Phi) is 3.95. The van der Waals surface area contributed by atoms with Crippen LogP contribution in [0.4, 0.5) is 9.18 Å². The lowest BCUT2D eigenvalue weighted by Gasteiger charge is -2.35. The second-order valence-electron chi connectivity index (χ2n) is 5.06. The molecule has 0 radical (unpaired) electrons. The van der Waals surface area contributed by atoms with Gasteiger partial charge in [0.2, 0.25) is 5.91 Å². The first kappa shape index (κ1) is 13.7. The fourth-order valence-corrected chi connectivity index (χ4v) is 1.54. The van der Waals surface area contributed by atoms with Crippen LogP contribution in [-0.4, -0.2) is 53.3 Å². The summed E-state index contributed by atoms with van der Waals surface area (Å²) in [6, 6.07) is 0. The molecular formula is C11H19FN2O3. The van der Waals surface area contributed by atoms with Gasteiger partial charge in [0.15, 0.2) is 6.30 Å². The largest absolute Gasteiger partial charge is 0.444 e. The van der Waals surface area contributed by atoms with Crippen molar-refractivity contribution in [3.05, 3.63) is 0 Å². The van der Waals surface area contributed by atoms with Crippen molar-refractivity contribution in [3.8, 4) is 0 Å². The minimum atomic E-state index is -1.32. The van der Waals surface area contributed by atoms with Crippen LogP contribution in [0.1, 0.15) is 27.7 Å². The molecule has 5 nitrogen and oxygen atoms in total. The van der Waals surface area contributed by atoms with Crippen molar-refractivity contribution >= 4 is 12.0 Å². The van der Waals surface area contributed by atoms with Gasteiger partial charge in [-0.1, -0.05) is 0 Å². The Morgan fingerprint density at radius 1 is 1.41 bits per heavy atom. The zero-order chi connectivity index (χ0) is 13.2. The maximum absolute atomic E-state index is 13.0. The summed E-state index contributed by atoms with van der Waals surface area (Å²) in [6.07, 6.45) is -1.85. The normalized spacial score (nSPS) is 19.2. The molecule has 0 spiro atoms. The van der Waals surface area contributed by atoms with E-state index in [0.29, 0.717) is 6.54 Å². The van der Waals surface area contributed by atoms with E-state index in [1.165, 1.54) is 11.8 Å². The summed E-state index contributed by atoms with van der Waals surface area (Å²) in [5, 5.41) is 0. The number of hydrogen-bond acceptors (Lipinski definition) is 3. The Bertz CT molecular complexity index is 312. The molecule has 0 saturated carbocycles. The molecule has 17 heavy (non-hydrogen) atoms. The van der Waals surface area contributed by atoms with Gasteiger partial charge in [0.05, 0.1) is 0 Å². The lowest BCUT2D eigenvalue weighted by Crippen LogP contribution is -2.54. The molecule has 0 aromatic heterocycles. The van der Waals surface area contributed by atoms with Crippen LogP contribution in [-0.2, 0) is 9.53 Å². The van der Waals surface area contributed by atoms with Crippen molar-refractivity contribution in [1.82, 2.24) is 9.80 Å². The molecule has 1 saturated heterocycles. The number of halogens is 1. The van der Waals surface area contributed by atoms with E-state index in [1.54, 1.807) is 20.8 Å². The molecule has 0 bridgehead atoms. The van der Waals surface area contributed by atoms with Gasteiger partial charge in [0, 0.05) is 13.1 Å². The standard InChI is InChI=1S/C11H19FN2O3/c1-8(12)14-6-5-13(7-9(14)15)10(16)17-11(2,3)4/h8H,5-7H2,1-4H3. The average Bonchev–Trinajstić information content (AvgIpc) is 2.14. The number of alkyl halides is 1. The van der Waals surface area contributed by atoms with E-state index in [-0.39, 0.29) is 13.1 Å². The minimum absolute atomic E-state index is 0.122. The van der Waals surface area contributed by atoms with Crippen LogP contribution >= 0.6 is 0 Å². The first-order valence-corrected chi connectivity index (χ1v) is 5.62. The predicted octanol–water partition coefficient (Wildman–Crippen LogP) is 1.38. The van der Waals surface area contributed by atoms with Crippen LogP contribution in [0.15, 0.2) is 0 Å². The van der Waals surface area contributed by atoms with E-state index in [9.17, 15) is 14.0 Å². The van der Waals surface area contributed by atoms with Gasteiger partial charge in [-0.3, -0.25) is 9.69 Å². The number of ether oxygens (including phenoxy) is 1. The van der Waals surface area contributed by atoms with Crippen molar-refractivity contribution in [3.63, 3.8) is 0 Å². The summed E-state index contributed by atoms with van der Waals surface area (Å²) >= 11 is 0. The Labute approximate surface area is 101 Å². The molecular weight excluding hydrogens is 227 g/mol. The van der Waals surface area contributed by atoms with E-state index in [0.717, 1.165) is 4.90 Å². The molecule has 0 N–H and O–H groups in total. The van der Waals surface area contributed by atoms with Crippen LogP contribution < -0.4 is 0 Å². The number of piperazine rings is 1. The van der Waals surface area contributed by atoms with E-state index in [4.69, 9.17) is 4.74 Å². The number of hydrogen-bond donors (Lipinski definition) is 0. The van der Waals surface area contributed by atoms with Gasteiger partial charge in [-0.2, -0.15) is 0 Å². The molecule has 1 rings (SSSR count). The Balaban J connectivity index is 2.55. The quantitative estimate of drug-likeness (QED) is 0.657. The Morgan fingerprint density at radius 3 is 2.41 bits per heavy atom. The van der Waals surface area contributed by atoms with Crippen LogP contribution in [0.25, 0.3) is 0 Å². The highest BCUT2D eigenvalue weighted by atomic mass is 19.1. The molecule has 1 unspecified atom stereocenters. The molecule has 0 aromatic carbocycles. The third-order valence-electron chi connectivity index (χ3n) is 2.34. The maximum Gasteiger partial charge on any atom is 0.410 e. The summed E-state index contributed by atoms with van der Waals surface area (Å²) in [5.74, 6) is -0.392. The van der Waals surface area contributed by atoms with Crippen molar-refractivity contribution in [2.45, 2.75) is 39.6 Å². The average molecular weight is 246 g/mol. The minimum Gasteiger partial charge on any atom is -0.444 e. The number of nitrogens with zero attached hydrogens (tertiary/aromatic N) is 2. The van der Waals surface area contributed by atoms with Crippen LogP contribution in [0.5, 0.6) is 0 Å². The predicted molar refractivity (Wildman–Crippen MR) is 60.1 cm³/mol. The summed E-state index contributed by atoms with van der Waals surface area (Å²) in [7, 11) is 0. The lowest BCUT2D eigenvalue weighted by molar-refractivity contribution is -0.141. The van der Waals surface area contributed by atoms with Gasteiger partial charge >= 0.3 is 6.09 Å². The second kappa shape index (κ2) is 4.89. The molecule has 6 heteroatoms. The molecule has 98 valence electrons. The van der Waals surface area contributed by atoms with Crippen molar-refractivity contribution < 1.29 is 18.7 Å². The summed E-state index contributed by atoms with van der Waals surface area (Å²) in [5.41, 5.74) is -0.593. The van der Waals surface area contributed by atoms with E-state index >= 15 is 0 Å². The fourth-order valence-electron chi connectivity index (χ4n) is 1.54. The number of amides is 2. The third-order valence-corrected chi connectivity index (χ3v) is 2.34. The monoisotopic (exact) mass is 246 g/mol. The number of rotatable bonds is 1. The van der Waals surface area contributed by atoms with Crippen LogP contribution in [0, 0.1) is 0 Å². The summed E-state index contributed by atoms with van der Waals surface area (Å²) < 4.78 is 18.2. The maximum atomic E-state index is 13.0. The van der Waals surface area contributed by atoms with E-state index in [1.807, 2.05) is 0 Å². The van der Waals surface area contributed by atoms with Gasteiger partial charge in [0.1, 0.15) is 12.1 Å². The zero-order valence-electron chi connectivity index (χ0n) is 10.7. The molecule has 1 atom stereocenters. The highest BCUT2D eigenvalue weighted by Gasteiger charge is 2.32. The topological polar surface area (TPSA) is 49.9 Å². The highest BCUT2D eigenvalue weighted by Crippen LogP contribution is 2.13. The smallest absolute Gasteiger partial charge is 0.410 e. The third kappa shape index (κ3) is 3.87. The van der Waals surface area contributed by atoms with Gasteiger partial charge in [-0.25, -0.2) is 9.18 Å². The summed E-state index contributed by atoms with van der Waals surface area (Å²) in [4.78, 5) is 25.6. The second-order valence-corrected chi connectivity index (χ2v) is 5.06. The molecule has 1 aliphatic rings. The first-order chi connectivity index (χ1) is 7.70. The molecule has 1 heterocycles. The highest BCUT2D eigenvalue weighted by molar-refractivity contribution is 5.83. The van der Waals surface area contributed by atoms with Crippen molar-refractivity contribution in [2.75, 3.05) is 19.6 Å². The number of carbonyl (C=O) groups is 2. The van der Waals surface area contributed by atoms with Crippen molar-refractivity contribution in [1.29, 1.82) is 0 Å². The first-order valence-electron chi connectivity index (χ1n) is 5.62. The fraction of sp³-hybridized carbons (Fsp3) is 0.818. The van der Waals surface area contributed by atoms with Crippen LogP contribution in [0.3, 0.4) is 0 Å². The Hall–Kier alpha value is -1.33. The van der Waals surface area contributed by atoms with Gasteiger partial charge in [-0.05, 0) is 27.7 Å². The van der Waals surface area contributed by atoms with E-state index < -0.39 is 23.9 Å². The molecule has 1 aliphatic heterocycles.